The third-order valence-electron chi connectivity index (χ3n) is 0.802. The Bertz CT molecular complexity index is 233. The third-order valence-corrected chi connectivity index (χ3v) is 1.64. The monoisotopic (exact) mass is 226 g/mol. The SMILES string of the molecule is O=S(=O)(OCF)OCCC(F)(F)F. The molecule has 0 N–H and O–H groups in total. The van der Waals surface area contributed by atoms with Crippen LogP contribution < -0.4 is 0 Å². The Hall–Kier alpha value is -0.410. The summed E-state index contributed by atoms with van der Waals surface area (Å²) in [4.78, 5) is 0. The van der Waals surface area contributed by atoms with Crippen LogP contribution in [0.25, 0.3) is 0 Å². The topological polar surface area (TPSA) is 52.6 Å². The van der Waals surface area contributed by atoms with Gasteiger partial charge in [-0.3, -0.25) is 0 Å². The molecule has 0 aliphatic carbocycles. The van der Waals surface area contributed by atoms with Crippen LogP contribution in [-0.2, 0) is 18.8 Å². The van der Waals surface area contributed by atoms with Gasteiger partial charge in [0.2, 0.25) is 6.86 Å². The zero-order chi connectivity index (χ0) is 10.5. The Labute approximate surface area is 71.8 Å². The van der Waals surface area contributed by atoms with E-state index in [9.17, 15) is 26.0 Å². The molecule has 13 heavy (non-hydrogen) atoms. The lowest BCUT2D eigenvalue weighted by atomic mass is 10.5. The summed E-state index contributed by atoms with van der Waals surface area (Å²) < 4.78 is 73.1. The molecule has 0 rings (SSSR count). The van der Waals surface area contributed by atoms with Crippen LogP contribution in [0.5, 0.6) is 0 Å². The molecule has 0 unspecified atom stereocenters. The summed E-state index contributed by atoms with van der Waals surface area (Å²) >= 11 is 0. The van der Waals surface area contributed by atoms with Crippen molar-refractivity contribution in [2.75, 3.05) is 13.5 Å². The lowest BCUT2D eigenvalue weighted by Crippen LogP contribution is -2.16. The van der Waals surface area contributed by atoms with Gasteiger partial charge in [-0.2, -0.15) is 21.6 Å². The van der Waals surface area contributed by atoms with E-state index >= 15 is 0 Å². The maximum atomic E-state index is 11.4. The maximum Gasteiger partial charge on any atom is 0.402 e. The van der Waals surface area contributed by atoms with Gasteiger partial charge in [0.1, 0.15) is 0 Å². The summed E-state index contributed by atoms with van der Waals surface area (Å²) in [7, 11) is -4.63. The average molecular weight is 226 g/mol. The Kier molecular flexibility index (Phi) is 4.57. The lowest BCUT2D eigenvalue weighted by molar-refractivity contribution is -0.139. The first-order valence-corrected chi connectivity index (χ1v) is 4.27. The molecule has 0 fully saturated rings. The van der Waals surface area contributed by atoms with Gasteiger partial charge < -0.3 is 0 Å². The molecule has 0 aromatic carbocycles. The van der Waals surface area contributed by atoms with Gasteiger partial charge in [0.15, 0.2) is 0 Å². The fraction of sp³-hybridized carbons (Fsp3) is 1.00. The van der Waals surface area contributed by atoms with Gasteiger partial charge in [0, 0.05) is 0 Å². The molecule has 9 heteroatoms. The predicted octanol–water partition coefficient (Wildman–Crippen LogP) is 1.14. The molecular weight excluding hydrogens is 220 g/mol. The number of hydrogen-bond acceptors (Lipinski definition) is 4. The van der Waals surface area contributed by atoms with Crippen molar-refractivity contribution in [2.24, 2.45) is 0 Å². The summed E-state index contributed by atoms with van der Waals surface area (Å²) in [6, 6.07) is 0. The second-order valence-electron chi connectivity index (χ2n) is 1.82. The molecule has 80 valence electrons. The van der Waals surface area contributed by atoms with Crippen LogP contribution in [0.3, 0.4) is 0 Å². The highest BCUT2D eigenvalue weighted by Crippen LogP contribution is 2.19. The molecule has 0 heterocycles. The van der Waals surface area contributed by atoms with Gasteiger partial charge in [-0.05, 0) is 0 Å². The first-order valence-electron chi connectivity index (χ1n) is 2.93. The molecule has 0 bridgehead atoms. The molecule has 0 aromatic heterocycles. The van der Waals surface area contributed by atoms with E-state index in [0.29, 0.717) is 0 Å². The Morgan fingerprint density at radius 3 is 2.08 bits per heavy atom. The second kappa shape index (κ2) is 4.72. The molecule has 0 aliphatic heterocycles. The molecule has 0 saturated carbocycles. The fourth-order valence-corrected chi connectivity index (χ4v) is 0.813. The minimum atomic E-state index is -4.63. The summed E-state index contributed by atoms with van der Waals surface area (Å²) in [5.74, 6) is 0. The van der Waals surface area contributed by atoms with Gasteiger partial charge >= 0.3 is 16.6 Å². The summed E-state index contributed by atoms with van der Waals surface area (Å²) in [6.45, 7) is -2.79. The maximum absolute atomic E-state index is 11.4. The number of rotatable bonds is 5. The van der Waals surface area contributed by atoms with Gasteiger partial charge in [0.25, 0.3) is 0 Å². The van der Waals surface area contributed by atoms with Crippen molar-refractivity contribution in [1.29, 1.82) is 0 Å². The summed E-state index contributed by atoms with van der Waals surface area (Å²) in [6.07, 6.45) is -5.97. The lowest BCUT2D eigenvalue weighted by Gasteiger charge is -2.05. The molecule has 0 aliphatic rings. The average Bonchev–Trinajstić information content (AvgIpc) is 1.82. The zero-order valence-corrected chi connectivity index (χ0v) is 6.99. The van der Waals surface area contributed by atoms with Crippen molar-refractivity contribution < 1.29 is 34.3 Å². The van der Waals surface area contributed by atoms with Crippen LogP contribution in [0.4, 0.5) is 17.6 Å². The van der Waals surface area contributed by atoms with Crippen LogP contribution in [0.15, 0.2) is 0 Å². The summed E-state index contributed by atoms with van der Waals surface area (Å²) in [5.41, 5.74) is 0. The van der Waals surface area contributed by atoms with Gasteiger partial charge in [0.05, 0.1) is 13.0 Å². The highest BCUT2D eigenvalue weighted by Gasteiger charge is 2.28. The van der Waals surface area contributed by atoms with Gasteiger partial charge in [-0.15, -0.1) is 0 Å². The van der Waals surface area contributed by atoms with Crippen molar-refractivity contribution >= 4 is 10.4 Å². The molecule has 0 spiro atoms. The minimum Gasteiger partial charge on any atom is -0.248 e. The van der Waals surface area contributed by atoms with Crippen LogP contribution in [0, 0.1) is 0 Å². The van der Waals surface area contributed by atoms with Crippen LogP contribution in [-0.4, -0.2) is 28.1 Å². The van der Waals surface area contributed by atoms with E-state index in [1.54, 1.807) is 0 Å². The van der Waals surface area contributed by atoms with Crippen molar-refractivity contribution in [1.82, 2.24) is 0 Å². The number of alkyl halides is 4. The van der Waals surface area contributed by atoms with E-state index < -0.39 is 36.5 Å². The first-order chi connectivity index (χ1) is 5.77. The predicted molar refractivity (Wildman–Crippen MR) is 32.6 cm³/mol. The standard InChI is InChI=1S/C4H6F4O4S/c5-3-12-13(9,10)11-2-1-4(6,7)8/h1-3H2. The zero-order valence-electron chi connectivity index (χ0n) is 6.17. The quantitative estimate of drug-likeness (QED) is 0.660. The van der Waals surface area contributed by atoms with Crippen molar-refractivity contribution in [2.45, 2.75) is 12.6 Å². The molecule has 0 amide bonds. The Morgan fingerprint density at radius 1 is 1.15 bits per heavy atom. The summed E-state index contributed by atoms with van der Waals surface area (Å²) in [5, 5.41) is 0. The molecule has 0 radical (unpaired) electrons. The molecular formula is C4H6F4O4S. The Balaban J connectivity index is 3.77. The third kappa shape index (κ3) is 7.94. The van der Waals surface area contributed by atoms with Crippen molar-refractivity contribution in [3.8, 4) is 0 Å². The van der Waals surface area contributed by atoms with E-state index in [2.05, 4.69) is 8.37 Å². The molecule has 0 saturated heterocycles. The fourth-order valence-electron chi connectivity index (χ4n) is 0.348. The van der Waals surface area contributed by atoms with Crippen LogP contribution >= 0.6 is 0 Å². The Morgan fingerprint density at radius 2 is 1.69 bits per heavy atom. The van der Waals surface area contributed by atoms with Crippen molar-refractivity contribution in [3.05, 3.63) is 0 Å². The molecule has 0 aromatic rings. The molecule has 4 nitrogen and oxygen atoms in total. The van der Waals surface area contributed by atoms with Crippen LogP contribution in [0.1, 0.15) is 6.42 Å². The van der Waals surface area contributed by atoms with E-state index in [1.165, 1.54) is 0 Å². The van der Waals surface area contributed by atoms with Gasteiger partial charge in [-0.1, -0.05) is 0 Å². The number of hydrogen-bond donors (Lipinski definition) is 0. The van der Waals surface area contributed by atoms with E-state index in [4.69, 9.17) is 0 Å². The van der Waals surface area contributed by atoms with Crippen molar-refractivity contribution in [3.63, 3.8) is 0 Å². The van der Waals surface area contributed by atoms with E-state index in [0.717, 1.165) is 0 Å². The van der Waals surface area contributed by atoms with Crippen LogP contribution in [0.2, 0.25) is 0 Å². The molecule has 0 atom stereocenters. The highest BCUT2D eigenvalue weighted by molar-refractivity contribution is 7.81. The van der Waals surface area contributed by atoms with E-state index in [1.807, 2.05) is 0 Å². The highest BCUT2D eigenvalue weighted by atomic mass is 32.3. The minimum absolute atomic E-state index is 1.12. The van der Waals surface area contributed by atoms with Gasteiger partial charge in [-0.25, -0.2) is 12.8 Å². The largest absolute Gasteiger partial charge is 0.402 e. The second-order valence-corrected chi connectivity index (χ2v) is 3.11. The first kappa shape index (κ1) is 12.6. The smallest absolute Gasteiger partial charge is 0.248 e. The number of halogens is 4. The van der Waals surface area contributed by atoms with E-state index in [-0.39, 0.29) is 0 Å². The normalized spacial score (nSPS) is 13.2.